The number of nitrogens with two attached hydrogens (primary N) is 1. The van der Waals surface area contributed by atoms with Gasteiger partial charge in [0.2, 0.25) is 0 Å². The van der Waals surface area contributed by atoms with E-state index in [4.69, 9.17) is 15.2 Å². The van der Waals surface area contributed by atoms with Gasteiger partial charge in [0.1, 0.15) is 11.5 Å². The third kappa shape index (κ3) is 2.11. The zero-order valence-electron chi connectivity index (χ0n) is 7.83. The Balaban J connectivity index is 3.20. The van der Waals surface area contributed by atoms with Crippen LogP contribution in [-0.4, -0.2) is 14.2 Å². The van der Waals surface area contributed by atoms with Crippen LogP contribution in [-0.2, 0) is 6.54 Å². The van der Waals surface area contributed by atoms with Gasteiger partial charge >= 0.3 is 0 Å². The molecule has 0 aromatic heterocycles. The Morgan fingerprint density at radius 1 is 1.23 bits per heavy atom. The normalized spacial score (nSPS) is 9.85. The zero-order chi connectivity index (χ0) is 9.84. The lowest BCUT2D eigenvalue weighted by Gasteiger charge is -2.11. The van der Waals surface area contributed by atoms with E-state index >= 15 is 0 Å². The highest BCUT2D eigenvalue weighted by Gasteiger charge is 2.06. The van der Waals surface area contributed by atoms with Crippen LogP contribution in [0.3, 0.4) is 0 Å². The summed E-state index contributed by atoms with van der Waals surface area (Å²) < 4.78 is 10.3. The Bertz CT molecular complexity index is 277. The van der Waals surface area contributed by atoms with E-state index in [0.717, 1.165) is 22.4 Å². The summed E-state index contributed by atoms with van der Waals surface area (Å²) in [6.07, 6.45) is 0. The lowest BCUT2D eigenvalue weighted by atomic mass is 10.2. The number of hydrogen-bond acceptors (Lipinski definition) is 3. The minimum atomic E-state index is 0.484. The lowest BCUT2D eigenvalue weighted by Crippen LogP contribution is -2.06. The number of rotatable bonds is 3. The summed E-state index contributed by atoms with van der Waals surface area (Å²) in [4.78, 5) is 0. The van der Waals surface area contributed by atoms with E-state index in [0.29, 0.717) is 6.54 Å². The topological polar surface area (TPSA) is 44.5 Å². The third-order valence-electron chi connectivity index (χ3n) is 1.84. The van der Waals surface area contributed by atoms with Crippen molar-refractivity contribution in [3.05, 3.63) is 17.7 Å². The number of ether oxygens (including phenoxy) is 2. The van der Waals surface area contributed by atoms with Crippen LogP contribution in [0.4, 0.5) is 0 Å². The lowest BCUT2D eigenvalue weighted by molar-refractivity contribution is 0.400. The minimum absolute atomic E-state index is 0.484. The van der Waals surface area contributed by atoms with Crippen LogP contribution in [0.1, 0.15) is 5.56 Å². The van der Waals surface area contributed by atoms with Gasteiger partial charge in [0.15, 0.2) is 0 Å². The van der Waals surface area contributed by atoms with Crippen molar-refractivity contribution in [3.8, 4) is 11.5 Å². The number of benzene rings is 1. The molecule has 0 amide bonds. The molecule has 4 heteroatoms. The molecule has 0 saturated heterocycles. The number of methoxy groups -OCH3 is 2. The molecule has 0 spiro atoms. The first kappa shape index (κ1) is 10.3. The SMILES string of the molecule is COc1cc(CN)cc(OC)c1P. The molecule has 2 N–H and O–H groups in total. The van der Waals surface area contributed by atoms with Crippen LogP contribution >= 0.6 is 9.24 Å². The standard InChI is InChI=1S/C9H14NO2P/c1-11-7-3-6(5-10)4-8(12-2)9(7)13/h3-4H,5,10,13H2,1-2H3. The van der Waals surface area contributed by atoms with Crippen LogP contribution in [0, 0.1) is 0 Å². The molecule has 1 unspecified atom stereocenters. The molecule has 0 saturated carbocycles. The molecule has 0 bridgehead atoms. The summed E-state index contributed by atoms with van der Waals surface area (Å²) in [5, 5.41) is 0.919. The van der Waals surface area contributed by atoms with Crippen molar-refractivity contribution in [2.45, 2.75) is 6.54 Å². The quantitative estimate of drug-likeness (QED) is 0.727. The van der Waals surface area contributed by atoms with Crippen molar-refractivity contribution >= 4 is 14.5 Å². The van der Waals surface area contributed by atoms with Crippen molar-refractivity contribution in [2.75, 3.05) is 14.2 Å². The van der Waals surface area contributed by atoms with Crippen LogP contribution in [0.5, 0.6) is 11.5 Å². The highest BCUT2D eigenvalue weighted by molar-refractivity contribution is 7.28. The molecule has 0 heterocycles. The van der Waals surface area contributed by atoms with Gasteiger partial charge in [-0.15, -0.1) is 0 Å². The van der Waals surface area contributed by atoms with Gasteiger partial charge in [-0.3, -0.25) is 0 Å². The van der Waals surface area contributed by atoms with Gasteiger partial charge in [0, 0.05) is 6.54 Å². The van der Waals surface area contributed by atoms with E-state index in [1.165, 1.54) is 0 Å². The average Bonchev–Trinajstić information content (AvgIpc) is 2.18. The second-order valence-electron chi connectivity index (χ2n) is 2.62. The molecule has 0 radical (unpaired) electrons. The summed E-state index contributed by atoms with van der Waals surface area (Å²) in [5.74, 6) is 1.56. The molecule has 0 aliphatic heterocycles. The predicted molar refractivity (Wildman–Crippen MR) is 56.8 cm³/mol. The van der Waals surface area contributed by atoms with E-state index in [2.05, 4.69) is 9.24 Å². The average molecular weight is 199 g/mol. The van der Waals surface area contributed by atoms with Crippen molar-refractivity contribution in [3.63, 3.8) is 0 Å². The Kier molecular flexibility index (Phi) is 3.52. The van der Waals surface area contributed by atoms with E-state index in [9.17, 15) is 0 Å². The van der Waals surface area contributed by atoms with E-state index in [1.807, 2.05) is 12.1 Å². The molecule has 1 rings (SSSR count). The molecule has 72 valence electrons. The van der Waals surface area contributed by atoms with Gasteiger partial charge in [-0.2, -0.15) is 0 Å². The summed E-state index contributed by atoms with van der Waals surface area (Å²) in [6, 6.07) is 3.82. The van der Waals surface area contributed by atoms with E-state index in [1.54, 1.807) is 14.2 Å². The molecule has 1 aromatic rings. The maximum Gasteiger partial charge on any atom is 0.130 e. The highest BCUT2D eigenvalue weighted by Crippen LogP contribution is 2.22. The van der Waals surface area contributed by atoms with Crippen LogP contribution in [0.25, 0.3) is 0 Å². The third-order valence-corrected chi connectivity index (χ3v) is 2.41. The largest absolute Gasteiger partial charge is 0.496 e. The molecular weight excluding hydrogens is 185 g/mol. The Labute approximate surface area is 80.4 Å². The molecule has 3 nitrogen and oxygen atoms in total. The van der Waals surface area contributed by atoms with Gasteiger partial charge in [0.05, 0.1) is 19.5 Å². The fraction of sp³-hybridized carbons (Fsp3) is 0.333. The second-order valence-corrected chi connectivity index (χ2v) is 3.20. The molecule has 0 aliphatic rings. The van der Waals surface area contributed by atoms with Crippen LogP contribution in [0.2, 0.25) is 0 Å². The minimum Gasteiger partial charge on any atom is -0.496 e. The Morgan fingerprint density at radius 2 is 1.69 bits per heavy atom. The van der Waals surface area contributed by atoms with E-state index < -0.39 is 0 Å². The maximum atomic E-state index is 5.53. The van der Waals surface area contributed by atoms with Crippen molar-refractivity contribution < 1.29 is 9.47 Å². The van der Waals surface area contributed by atoms with Gasteiger partial charge in [-0.05, 0) is 17.7 Å². The van der Waals surface area contributed by atoms with Crippen molar-refractivity contribution in [1.29, 1.82) is 0 Å². The predicted octanol–water partition coefficient (Wildman–Crippen LogP) is 0.663. The summed E-state index contributed by atoms with van der Waals surface area (Å²) in [5.41, 5.74) is 6.53. The fourth-order valence-electron chi connectivity index (χ4n) is 1.11. The van der Waals surface area contributed by atoms with E-state index in [-0.39, 0.29) is 0 Å². The van der Waals surface area contributed by atoms with Gasteiger partial charge in [-0.25, -0.2) is 0 Å². The first-order chi connectivity index (χ1) is 6.22. The first-order valence-corrected chi connectivity index (χ1v) is 4.51. The van der Waals surface area contributed by atoms with Crippen LogP contribution < -0.4 is 20.5 Å². The van der Waals surface area contributed by atoms with Gasteiger partial charge in [0.25, 0.3) is 0 Å². The maximum absolute atomic E-state index is 5.53. The van der Waals surface area contributed by atoms with Crippen molar-refractivity contribution in [2.24, 2.45) is 5.73 Å². The summed E-state index contributed by atoms with van der Waals surface area (Å²) in [6.45, 7) is 0.484. The van der Waals surface area contributed by atoms with Crippen LogP contribution in [0.15, 0.2) is 12.1 Å². The second kappa shape index (κ2) is 4.45. The molecular formula is C9H14NO2P. The molecule has 13 heavy (non-hydrogen) atoms. The summed E-state index contributed by atoms with van der Waals surface area (Å²) in [7, 11) is 5.84. The molecule has 0 fully saturated rings. The number of hydrogen-bond donors (Lipinski definition) is 1. The Morgan fingerprint density at radius 3 is 2.00 bits per heavy atom. The smallest absolute Gasteiger partial charge is 0.130 e. The summed E-state index contributed by atoms with van der Waals surface area (Å²) >= 11 is 0. The zero-order valence-corrected chi connectivity index (χ0v) is 8.99. The highest BCUT2D eigenvalue weighted by atomic mass is 31.0. The Hall–Kier alpha value is -0.790. The van der Waals surface area contributed by atoms with Gasteiger partial charge in [-0.1, -0.05) is 9.24 Å². The van der Waals surface area contributed by atoms with Gasteiger partial charge < -0.3 is 15.2 Å². The fourth-order valence-corrected chi connectivity index (χ4v) is 1.51. The molecule has 0 aliphatic carbocycles. The monoisotopic (exact) mass is 199 g/mol. The molecule has 1 aromatic carbocycles. The molecule has 1 atom stereocenters. The van der Waals surface area contributed by atoms with Crippen molar-refractivity contribution in [1.82, 2.24) is 0 Å². The first-order valence-electron chi connectivity index (χ1n) is 3.93.